The molecule has 2 saturated heterocycles. The van der Waals surface area contributed by atoms with Gasteiger partial charge in [-0.3, -0.25) is 0 Å². The van der Waals surface area contributed by atoms with Crippen molar-refractivity contribution in [3.63, 3.8) is 0 Å². The van der Waals surface area contributed by atoms with E-state index in [-0.39, 0.29) is 12.4 Å². The molecule has 0 aromatic carbocycles. The van der Waals surface area contributed by atoms with E-state index in [1.165, 1.54) is 12.0 Å². The number of rotatable bonds is 0. The topological polar surface area (TPSA) is 18.5 Å². The maximum absolute atomic E-state index is 5.56. The van der Waals surface area contributed by atoms with Crippen molar-refractivity contribution in [2.45, 2.75) is 32.2 Å². The smallest absolute Gasteiger partial charge is 0.164 e. The van der Waals surface area contributed by atoms with Crippen molar-refractivity contribution >= 4 is 0 Å². The van der Waals surface area contributed by atoms with Crippen LogP contribution in [0.1, 0.15) is 19.8 Å². The van der Waals surface area contributed by atoms with Crippen molar-refractivity contribution in [1.29, 1.82) is 0 Å². The van der Waals surface area contributed by atoms with E-state index in [4.69, 9.17) is 9.47 Å². The zero-order valence-electron chi connectivity index (χ0n) is 6.88. The molecule has 2 heteroatoms. The van der Waals surface area contributed by atoms with E-state index in [9.17, 15) is 0 Å². The summed E-state index contributed by atoms with van der Waals surface area (Å²) in [4.78, 5) is 0. The molecular formula is C9H14O2. The molecule has 0 radical (unpaired) electrons. The van der Waals surface area contributed by atoms with Crippen LogP contribution in [0.5, 0.6) is 0 Å². The Labute approximate surface area is 67.2 Å². The van der Waals surface area contributed by atoms with Crippen LogP contribution < -0.4 is 0 Å². The fraction of sp³-hybridized carbons (Fsp3) is 0.778. The first kappa shape index (κ1) is 7.32. The third-order valence-electron chi connectivity index (χ3n) is 2.61. The van der Waals surface area contributed by atoms with E-state index in [1.54, 1.807) is 0 Å². The van der Waals surface area contributed by atoms with Gasteiger partial charge in [0, 0.05) is 12.5 Å². The van der Waals surface area contributed by atoms with E-state index < -0.39 is 0 Å². The van der Waals surface area contributed by atoms with Gasteiger partial charge in [-0.05, 0) is 25.3 Å². The molecule has 0 aliphatic carbocycles. The molecule has 2 aliphatic rings. The summed E-state index contributed by atoms with van der Waals surface area (Å²) in [7, 11) is 0. The first-order valence-corrected chi connectivity index (χ1v) is 4.25. The summed E-state index contributed by atoms with van der Waals surface area (Å²) < 4.78 is 11.0. The summed E-state index contributed by atoms with van der Waals surface area (Å²) in [5, 5.41) is 0. The number of hydrogen-bond acceptors (Lipinski definition) is 2. The molecule has 2 heterocycles. The molecule has 0 N–H and O–H groups in total. The Morgan fingerprint density at radius 3 is 3.09 bits per heavy atom. The van der Waals surface area contributed by atoms with Crippen LogP contribution in [0.4, 0.5) is 0 Å². The second-order valence-electron chi connectivity index (χ2n) is 3.34. The Balaban J connectivity index is 2.11. The van der Waals surface area contributed by atoms with Crippen molar-refractivity contribution in [2.24, 2.45) is 5.92 Å². The van der Waals surface area contributed by atoms with Crippen LogP contribution in [-0.4, -0.2) is 19.0 Å². The molecule has 0 aromatic heterocycles. The van der Waals surface area contributed by atoms with Crippen molar-refractivity contribution < 1.29 is 9.47 Å². The first-order valence-electron chi connectivity index (χ1n) is 4.25. The highest BCUT2D eigenvalue weighted by molar-refractivity contribution is 5.12. The van der Waals surface area contributed by atoms with E-state index in [0.717, 1.165) is 13.0 Å². The average molecular weight is 154 g/mol. The van der Waals surface area contributed by atoms with Gasteiger partial charge in [0.25, 0.3) is 0 Å². The summed E-state index contributed by atoms with van der Waals surface area (Å²) in [6.07, 6.45) is 2.55. The Hall–Kier alpha value is -0.340. The Bertz CT molecular complexity index is 176. The molecule has 2 nitrogen and oxygen atoms in total. The Morgan fingerprint density at radius 2 is 2.36 bits per heavy atom. The largest absolute Gasteiger partial charge is 0.352 e. The van der Waals surface area contributed by atoms with Crippen LogP contribution in [0, 0.1) is 5.92 Å². The molecule has 0 spiro atoms. The number of ether oxygens (including phenoxy) is 2. The monoisotopic (exact) mass is 154 g/mol. The fourth-order valence-corrected chi connectivity index (χ4v) is 1.84. The highest BCUT2D eigenvalue weighted by atomic mass is 16.7. The standard InChI is InChI=1S/C9H14O2/c1-6-7(2)11-9-8(6)4-3-5-10-9/h7-9H,1,3-5H2,2H3. The van der Waals surface area contributed by atoms with E-state index in [0.29, 0.717) is 5.92 Å². The third kappa shape index (κ3) is 1.10. The summed E-state index contributed by atoms with van der Waals surface area (Å²) in [5.74, 6) is 0.471. The van der Waals surface area contributed by atoms with E-state index in [2.05, 4.69) is 6.58 Å². The predicted molar refractivity (Wildman–Crippen MR) is 42.2 cm³/mol. The molecule has 0 bridgehead atoms. The molecule has 0 saturated carbocycles. The molecule has 11 heavy (non-hydrogen) atoms. The molecule has 2 rings (SSSR count). The van der Waals surface area contributed by atoms with Gasteiger partial charge in [-0.15, -0.1) is 0 Å². The zero-order valence-corrected chi connectivity index (χ0v) is 6.88. The maximum Gasteiger partial charge on any atom is 0.164 e. The SMILES string of the molecule is C=C1C(C)OC2OCCCC12. The summed E-state index contributed by atoms with van der Waals surface area (Å²) in [5.41, 5.74) is 1.22. The van der Waals surface area contributed by atoms with Gasteiger partial charge in [-0.2, -0.15) is 0 Å². The minimum absolute atomic E-state index is 0.0197. The highest BCUT2D eigenvalue weighted by Gasteiger charge is 2.38. The lowest BCUT2D eigenvalue weighted by atomic mass is 9.93. The maximum atomic E-state index is 5.56. The normalized spacial score (nSPS) is 44.1. The van der Waals surface area contributed by atoms with Crippen molar-refractivity contribution in [3.05, 3.63) is 12.2 Å². The average Bonchev–Trinajstić information content (AvgIpc) is 2.30. The van der Waals surface area contributed by atoms with Crippen molar-refractivity contribution in [1.82, 2.24) is 0 Å². The van der Waals surface area contributed by atoms with Crippen molar-refractivity contribution in [3.8, 4) is 0 Å². The molecule has 2 aliphatic heterocycles. The second kappa shape index (κ2) is 2.61. The van der Waals surface area contributed by atoms with Crippen LogP contribution in [0.3, 0.4) is 0 Å². The fourth-order valence-electron chi connectivity index (χ4n) is 1.84. The molecule has 2 fully saturated rings. The molecule has 0 aromatic rings. The third-order valence-corrected chi connectivity index (χ3v) is 2.61. The van der Waals surface area contributed by atoms with Crippen LogP contribution >= 0.6 is 0 Å². The van der Waals surface area contributed by atoms with Crippen molar-refractivity contribution in [2.75, 3.05) is 6.61 Å². The van der Waals surface area contributed by atoms with Crippen LogP contribution in [-0.2, 0) is 9.47 Å². The van der Waals surface area contributed by atoms with Crippen LogP contribution in [0.25, 0.3) is 0 Å². The molecule has 62 valence electrons. The lowest BCUT2D eigenvalue weighted by Gasteiger charge is -2.24. The van der Waals surface area contributed by atoms with Gasteiger partial charge in [0.1, 0.15) is 0 Å². The Kier molecular flexibility index (Phi) is 1.74. The van der Waals surface area contributed by atoms with Crippen LogP contribution in [0.2, 0.25) is 0 Å². The lowest BCUT2D eigenvalue weighted by Crippen LogP contribution is -2.26. The zero-order chi connectivity index (χ0) is 7.84. The van der Waals surface area contributed by atoms with Gasteiger partial charge in [0.05, 0.1) is 6.10 Å². The minimum atomic E-state index is 0.0197. The first-order chi connectivity index (χ1) is 5.29. The molecule has 3 unspecified atom stereocenters. The molecular weight excluding hydrogens is 140 g/mol. The number of fused-ring (bicyclic) bond motifs is 1. The highest BCUT2D eigenvalue weighted by Crippen LogP contribution is 2.37. The van der Waals surface area contributed by atoms with Gasteiger partial charge < -0.3 is 9.47 Å². The quantitative estimate of drug-likeness (QED) is 0.494. The minimum Gasteiger partial charge on any atom is -0.352 e. The van der Waals surface area contributed by atoms with Gasteiger partial charge >= 0.3 is 0 Å². The molecule has 0 amide bonds. The van der Waals surface area contributed by atoms with Crippen LogP contribution in [0.15, 0.2) is 12.2 Å². The summed E-state index contributed by atoms with van der Waals surface area (Å²) in [6, 6.07) is 0. The number of hydrogen-bond donors (Lipinski definition) is 0. The predicted octanol–water partition coefficient (Wildman–Crippen LogP) is 1.71. The molecule has 3 atom stereocenters. The van der Waals surface area contributed by atoms with E-state index in [1.807, 2.05) is 6.92 Å². The summed E-state index contributed by atoms with van der Waals surface area (Å²) in [6.45, 7) is 6.91. The van der Waals surface area contributed by atoms with E-state index >= 15 is 0 Å². The Morgan fingerprint density at radius 1 is 1.55 bits per heavy atom. The van der Waals surface area contributed by atoms with Gasteiger partial charge in [-0.1, -0.05) is 6.58 Å². The van der Waals surface area contributed by atoms with Gasteiger partial charge in [0.15, 0.2) is 6.29 Å². The second-order valence-corrected chi connectivity index (χ2v) is 3.34. The lowest BCUT2D eigenvalue weighted by molar-refractivity contribution is -0.163. The summed E-state index contributed by atoms with van der Waals surface area (Å²) >= 11 is 0. The van der Waals surface area contributed by atoms with Gasteiger partial charge in [-0.25, -0.2) is 0 Å². The van der Waals surface area contributed by atoms with Gasteiger partial charge in [0.2, 0.25) is 0 Å².